The van der Waals surface area contributed by atoms with Gasteiger partial charge >= 0.3 is 5.97 Å². The highest BCUT2D eigenvalue weighted by Gasteiger charge is 2.23. The van der Waals surface area contributed by atoms with Crippen molar-refractivity contribution in [2.24, 2.45) is 0 Å². The van der Waals surface area contributed by atoms with Crippen LogP contribution in [0.3, 0.4) is 0 Å². The van der Waals surface area contributed by atoms with Gasteiger partial charge in [0.05, 0.1) is 23.1 Å². The number of aryl methyl sites for hydroxylation is 1. The minimum Gasteiger partial charge on any atom is -0.475 e. The topological polar surface area (TPSA) is 80.6 Å². The van der Waals surface area contributed by atoms with Gasteiger partial charge in [0.1, 0.15) is 0 Å². The highest BCUT2D eigenvalue weighted by atomic mass is 32.1. The summed E-state index contributed by atoms with van der Waals surface area (Å²) in [6.45, 7) is 1.71. The van der Waals surface area contributed by atoms with Crippen LogP contribution in [0.15, 0.2) is 22.3 Å². The number of hydrogen-bond acceptors (Lipinski definition) is 5. The van der Waals surface area contributed by atoms with Crippen molar-refractivity contribution in [2.75, 3.05) is 0 Å². The van der Waals surface area contributed by atoms with Gasteiger partial charge in [-0.2, -0.15) is 0 Å². The molecule has 0 aromatic carbocycles. The number of carboxylic acids is 1. The summed E-state index contributed by atoms with van der Waals surface area (Å²) < 4.78 is 6.63. The molecule has 0 unspecified atom stereocenters. The maximum absolute atomic E-state index is 11.0. The molecular formula is C10H7N3O3S. The molecule has 3 rings (SSSR count). The van der Waals surface area contributed by atoms with Crippen LogP contribution in [-0.4, -0.2) is 25.6 Å². The first-order valence-corrected chi connectivity index (χ1v) is 5.67. The summed E-state index contributed by atoms with van der Waals surface area (Å²) in [6.07, 6.45) is 3.46. The van der Waals surface area contributed by atoms with Crippen LogP contribution in [-0.2, 0) is 0 Å². The third kappa shape index (κ3) is 1.36. The number of carboxylic acid groups (broad SMARTS) is 1. The number of rotatable bonds is 2. The Morgan fingerprint density at radius 3 is 3.18 bits per heavy atom. The number of hydrogen-bond donors (Lipinski definition) is 1. The van der Waals surface area contributed by atoms with Crippen molar-refractivity contribution in [2.45, 2.75) is 6.92 Å². The Morgan fingerprint density at radius 2 is 2.41 bits per heavy atom. The van der Waals surface area contributed by atoms with Gasteiger partial charge in [-0.3, -0.25) is 4.40 Å². The molecule has 3 aromatic heterocycles. The molecular weight excluding hydrogens is 242 g/mol. The van der Waals surface area contributed by atoms with Crippen LogP contribution in [0.4, 0.5) is 0 Å². The molecule has 0 saturated heterocycles. The molecule has 0 radical (unpaired) electrons. The van der Waals surface area contributed by atoms with Crippen LogP contribution in [0.25, 0.3) is 16.2 Å². The van der Waals surface area contributed by atoms with Crippen LogP contribution in [0, 0.1) is 6.92 Å². The zero-order chi connectivity index (χ0) is 12.0. The summed E-state index contributed by atoms with van der Waals surface area (Å²) in [5.41, 5.74) is 1.69. The van der Waals surface area contributed by atoms with Gasteiger partial charge in [-0.1, -0.05) is 5.16 Å². The second-order valence-electron chi connectivity index (χ2n) is 3.48. The fraction of sp³-hybridized carbons (Fsp3) is 0.100. The van der Waals surface area contributed by atoms with Crippen molar-refractivity contribution in [1.29, 1.82) is 0 Å². The van der Waals surface area contributed by atoms with Gasteiger partial charge in [-0.05, 0) is 6.92 Å². The first-order chi connectivity index (χ1) is 8.18. The molecule has 86 valence electrons. The fourth-order valence-electron chi connectivity index (χ4n) is 1.73. The lowest BCUT2D eigenvalue weighted by molar-refractivity contribution is 0.0653. The van der Waals surface area contributed by atoms with Gasteiger partial charge in [0.25, 0.3) is 5.76 Å². The maximum atomic E-state index is 11.0. The third-order valence-corrected chi connectivity index (χ3v) is 3.23. The quantitative estimate of drug-likeness (QED) is 0.751. The van der Waals surface area contributed by atoms with Crippen LogP contribution in [0.1, 0.15) is 16.2 Å². The Bertz CT molecular complexity index is 709. The SMILES string of the molecule is Cc1noc(C(=O)O)c1-c1cnc2sccn12. The molecule has 0 bridgehead atoms. The number of aromatic nitrogens is 3. The van der Waals surface area contributed by atoms with E-state index in [1.807, 2.05) is 16.0 Å². The van der Waals surface area contributed by atoms with Crippen LogP contribution >= 0.6 is 11.3 Å². The lowest BCUT2D eigenvalue weighted by atomic mass is 10.1. The normalized spacial score (nSPS) is 11.1. The van der Waals surface area contributed by atoms with E-state index in [-0.39, 0.29) is 5.76 Å². The fourth-order valence-corrected chi connectivity index (χ4v) is 2.42. The number of fused-ring (bicyclic) bond motifs is 1. The molecule has 1 N–H and O–H groups in total. The van der Waals surface area contributed by atoms with E-state index < -0.39 is 5.97 Å². The van der Waals surface area contributed by atoms with E-state index in [0.29, 0.717) is 17.0 Å². The first kappa shape index (κ1) is 10.0. The van der Waals surface area contributed by atoms with Crippen LogP contribution < -0.4 is 0 Å². The van der Waals surface area contributed by atoms with E-state index in [2.05, 4.69) is 10.1 Å². The third-order valence-electron chi connectivity index (χ3n) is 2.46. The van der Waals surface area contributed by atoms with Gasteiger partial charge in [0.15, 0.2) is 4.96 Å². The minimum absolute atomic E-state index is 0.157. The largest absolute Gasteiger partial charge is 0.475 e. The predicted molar refractivity (Wildman–Crippen MR) is 60.3 cm³/mol. The highest BCUT2D eigenvalue weighted by Crippen LogP contribution is 2.29. The molecule has 3 aromatic rings. The van der Waals surface area contributed by atoms with Crippen LogP contribution in [0.5, 0.6) is 0 Å². The second-order valence-corrected chi connectivity index (χ2v) is 4.35. The van der Waals surface area contributed by atoms with E-state index in [4.69, 9.17) is 9.63 Å². The number of imidazole rings is 1. The van der Waals surface area contributed by atoms with E-state index in [1.165, 1.54) is 11.3 Å². The predicted octanol–water partition coefficient (Wildman–Crippen LogP) is 2.06. The molecule has 7 heteroatoms. The molecule has 0 aliphatic carbocycles. The molecule has 17 heavy (non-hydrogen) atoms. The molecule has 6 nitrogen and oxygen atoms in total. The smallest absolute Gasteiger partial charge is 0.375 e. The monoisotopic (exact) mass is 249 g/mol. The number of carbonyl (C=O) groups is 1. The lowest BCUT2D eigenvalue weighted by Gasteiger charge is -1.97. The summed E-state index contributed by atoms with van der Waals surface area (Å²) in [5.74, 6) is -1.29. The van der Waals surface area contributed by atoms with Crippen molar-refractivity contribution in [1.82, 2.24) is 14.5 Å². The van der Waals surface area contributed by atoms with Gasteiger partial charge < -0.3 is 9.63 Å². The summed E-state index contributed by atoms with van der Waals surface area (Å²) >= 11 is 1.48. The Kier molecular flexibility index (Phi) is 2.02. The molecule has 0 fully saturated rings. The van der Waals surface area contributed by atoms with E-state index in [9.17, 15) is 4.79 Å². The Balaban J connectivity index is 2.32. The van der Waals surface area contributed by atoms with Crippen molar-refractivity contribution < 1.29 is 14.4 Å². The van der Waals surface area contributed by atoms with Crippen molar-refractivity contribution in [3.63, 3.8) is 0 Å². The highest BCUT2D eigenvalue weighted by molar-refractivity contribution is 7.15. The average Bonchev–Trinajstić information content (AvgIpc) is 2.91. The maximum Gasteiger partial charge on any atom is 0.375 e. The minimum atomic E-state index is -1.13. The standard InChI is InChI=1S/C10H7N3O3S/c1-5-7(8(9(14)15)16-12-5)6-4-11-10-13(6)2-3-17-10/h2-4H,1H3,(H,14,15). The average molecular weight is 249 g/mol. The molecule has 3 heterocycles. The van der Waals surface area contributed by atoms with Gasteiger partial charge in [0, 0.05) is 11.6 Å². The lowest BCUT2D eigenvalue weighted by Crippen LogP contribution is -1.97. The number of aromatic carboxylic acids is 1. The zero-order valence-corrected chi connectivity index (χ0v) is 9.56. The van der Waals surface area contributed by atoms with E-state index >= 15 is 0 Å². The van der Waals surface area contributed by atoms with E-state index in [1.54, 1.807) is 13.1 Å². The van der Waals surface area contributed by atoms with Gasteiger partial charge in [0.2, 0.25) is 0 Å². The van der Waals surface area contributed by atoms with Crippen molar-refractivity contribution in [3.8, 4) is 11.3 Å². The summed E-state index contributed by atoms with van der Waals surface area (Å²) in [7, 11) is 0. The summed E-state index contributed by atoms with van der Waals surface area (Å²) in [5, 5.41) is 14.6. The summed E-state index contributed by atoms with van der Waals surface area (Å²) in [6, 6.07) is 0. The molecule has 0 spiro atoms. The molecule has 0 aliphatic rings. The van der Waals surface area contributed by atoms with Gasteiger partial charge in [-0.15, -0.1) is 11.3 Å². The Morgan fingerprint density at radius 1 is 1.59 bits per heavy atom. The van der Waals surface area contributed by atoms with Crippen molar-refractivity contribution >= 4 is 22.3 Å². The molecule has 0 aliphatic heterocycles. The van der Waals surface area contributed by atoms with E-state index in [0.717, 1.165) is 4.96 Å². The molecule has 0 amide bonds. The van der Waals surface area contributed by atoms with Crippen molar-refractivity contribution in [3.05, 3.63) is 29.2 Å². The van der Waals surface area contributed by atoms with Crippen LogP contribution in [0.2, 0.25) is 0 Å². The van der Waals surface area contributed by atoms with Gasteiger partial charge in [-0.25, -0.2) is 9.78 Å². The Hall–Kier alpha value is -2.15. The first-order valence-electron chi connectivity index (χ1n) is 4.79. The molecule has 0 atom stereocenters. The zero-order valence-electron chi connectivity index (χ0n) is 8.75. The molecule has 0 saturated carbocycles. The number of nitrogens with zero attached hydrogens (tertiary/aromatic N) is 3. The Labute approximate surface area is 99.1 Å². The summed E-state index contributed by atoms with van der Waals surface area (Å²) in [4.78, 5) is 16.0. The second kappa shape index (κ2) is 3.42. The number of thiazole rings is 1.